The zero-order chi connectivity index (χ0) is 11.4. The van der Waals surface area contributed by atoms with Crippen LogP contribution in [0, 0.1) is 5.82 Å². The Kier molecular flexibility index (Phi) is 3.36. The van der Waals surface area contributed by atoms with Gasteiger partial charge < -0.3 is 16.0 Å². The van der Waals surface area contributed by atoms with Crippen molar-refractivity contribution >= 4 is 11.7 Å². The SMILES string of the molecule is O=C(Nc1ccccc1F)N[C@H]1CCNC1. The summed E-state index contributed by atoms with van der Waals surface area (Å²) >= 11 is 0. The van der Waals surface area contributed by atoms with Crippen LogP contribution in [-0.2, 0) is 0 Å². The van der Waals surface area contributed by atoms with Gasteiger partial charge in [-0.25, -0.2) is 9.18 Å². The molecule has 0 bridgehead atoms. The van der Waals surface area contributed by atoms with Gasteiger partial charge in [0.25, 0.3) is 0 Å². The second-order valence-electron chi connectivity index (χ2n) is 3.77. The molecule has 1 aromatic rings. The summed E-state index contributed by atoms with van der Waals surface area (Å²) in [5.74, 6) is -0.429. The van der Waals surface area contributed by atoms with Crippen molar-refractivity contribution in [2.24, 2.45) is 0 Å². The third-order valence-electron chi connectivity index (χ3n) is 2.52. The number of para-hydroxylation sites is 1. The molecule has 4 nitrogen and oxygen atoms in total. The van der Waals surface area contributed by atoms with E-state index < -0.39 is 5.82 Å². The zero-order valence-electron chi connectivity index (χ0n) is 8.79. The first kappa shape index (κ1) is 10.9. The standard InChI is InChI=1S/C11H14FN3O/c12-9-3-1-2-4-10(9)15-11(16)14-8-5-6-13-7-8/h1-4,8,13H,5-7H2,(H2,14,15,16)/t8-/m0/s1. The van der Waals surface area contributed by atoms with Crippen LogP contribution < -0.4 is 16.0 Å². The van der Waals surface area contributed by atoms with Gasteiger partial charge in [0.05, 0.1) is 5.69 Å². The molecule has 16 heavy (non-hydrogen) atoms. The smallest absolute Gasteiger partial charge is 0.319 e. The number of carbonyl (C=O) groups is 1. The molecule has 0 saturated carbocycles. The lowest BCUT2D eigenvalue weighted by Crippen LogP contribution is -2.39. The molecule has 0 aliphatic carbocycles. The highest BCUT2D eigenvalue weighted by molar-refractivity contribution is 5.89. The molecule has 1 aliphatic rings. The summed E-state index contributed by atoms with van der Waals surface area (Å²) < 4.78 is 13.2. The van der Waals surface area contributed by atoms with E-state index in [1.807, 2.05) is 0 Å². The first-order valence-electron chi connectivity index (χ1n) is 5.28. The molecule has 2 rings (SSSR count). The number of rotatable bonds is 2. The molecule has 86 valence electrons. The largest absolute Gasteiger partial charge is 0.334 e. The molecule has 0 spiro atoms. The van der Waals surface area contributed by atoms with E-state index in [2.05, 4.69) is 16.0 Å². The van der Waals surface area contributed by atoms with E-state index in [-0.39, 0.29) is 17.8 Å². The van der Waals surface area contributed by atoms with Crippen molar-refractivity contribution in [3.8, 4) is 0 Å². The van der Waals surface area contributed by atoms with Crippen LogP contribution in [0.15, 0.2) is 24.3 Å². The molecule has 0 radical (unpaired) electrons. The first-order valence-corrected chi connectivity index (χ1v) is 5.28. The fourth-order valence-electron chi connectivity index (χ4n) is 1.68. The quantitative estimate of drug-likeness (QED) is 0.708. The van der Waals surface area contributed by atoms with Crippen LogP contribution >= 0.6 is 0 Å². The van der Waals surface area contributed by atoms with Crippen molar-refractivity contribution < 1.29 is 9.18 Å². The number of carbonyl (C=O) groups excluding carboxylic acids is 1. The average molecular weight is 223 g/mol. The number of amides is 2. The Morgan fingerprint density at radius 2 is 2.25 bits per heavy atom. The number of hydrogen-bond acceptors (Lipinski definition) is 2. The minimum atomic E-state index is -0.429. The molecule has 1 aliphatic heterocycles. The fraction of sp³-hybridized carbons (Fsp3) is 0.364. The molecule has 5 heteroatoms. The first-order chi connectivity index (χ1) is 7.75. The summed E-state index contributed by atoms with van der Waals surface area (Å²) in [7, 11) is 0. The molecule has 1 heterocycles. The van der Waals surface area contributed by atoms with Crippen LogP contribution in [0.5, 0.6) is 0 Å². The Morgan fingerprint density at radius 3 is 2.94 bits per heavy atom. The predicted octanol–water partition coefficient (Wildman–Crippen LogP) is 1.31. The van der Waals surface area contributed by atoms with Gasteiger partial charge in [-0.1, -0.05) is 12.1 Å². The lowest BCUT2D eigenvalue weighted by Gasteiger charge is -2.12. The van der Waals surface area contributed by atoms with Gasteiger partial charge in [-0.05, 0) is 25.1 Å². The number of urea groups is 1. The molecule has 1 aromatic carbocycles. The van der Waals surface area contributed by atoms with Gasteiger partial charge in [-0.3, -0.25) is 0 Å². The molecular weight excluding hydrogens is 209 g/mol. The van der Waals surface area contributed by atoms with E-state index in [9.17, 15) is 9.18 Å². The van der Waals surface area contributed by atoms with E-state index >= 15 is 0 Å². The van der Waals surface area contributed by atoms with E-state index in [0.717, 1.165) is 19.5 Å². The highest BCUT2D eigenvalue weighted by Gasteiger charge is 2.16. The third kappa shape index (κ3) is 2.70. The maximum atomic E-state index is 13.2. The minimum Gasteiger partial charge on any atom is -0.334 e. The van der Waals surface area contributed by atoms with E-state index in [1.165, 1.54) is 12.1 Å². The lowest BCUT2D eigenvalue weighted by molar-refractivity contribution is 0.249. The number of nitrogens with one attached hydrogen (secondary N) is 3. The molecule has 0 aromatic heterocycles. The topological polar surface area (TPSA) is 53.2 Å². The van der Waals surface area contributed by atoms with Crippen molar-refractivity contribution in [3.63, 3.8) is 0 Å². The Hall–Kier alpha value is -1.62. The molecule has 1 atom stereocenters. The van der Waals surface area contributed by atoms with E-state index in [1.54, 1.807) is 12.1 Å². The van der Waals surface area contributed by atoms with Gasteiger partial charge in [0.2, 0.25) is 0 Å². The molecule has 0 unspecified atom stereocenters. The summed E-state index contributed by atoms with van der Waals surface area (Å²) in [5, 5.41) is 8.40. The van der Waals surface area contributed by atoms with Crippen molar-refractivity contribution in [1.29, 1.82) is 0 Å². The summed E-state index contributed by atoms with van der Waals surface area (Å²) in [6, 6.07) is 5.87. The number of hydrogen-bond donors (Lipinski definition) is 3. The van der Waals surface area contributed by atoms with Crippen LogP contribution in [0.4, 0.5) is 14.9 Å². The van der Waals surface area contributed by atoms with E-state index in [0.29, 0.717) is 0 Å². The zero-order valence-corrected chi connectivity index (χ0v) is 8.79. The Balaban J connectivity index is 1.89. The second kappa shape index (κ2) is 4.94. The van der Waals surface area contributed by atoms with Gasteiger partial charge >= 0.3 is 6.03 Å². The Labute approximate surface area is 93.2 Å². The van der Waals surface area contributed by atoms with Gasteiger partial charge in [0.1, 0.15) is 5.82 Å². The summed E-state index contributed by atoms with van der Waals surface area (Å²) in [6.07, 6.45) is 0.907. The molecular formula is C11H14FN3O. The minimum absolute atomic E-state index is 0.131. The molecule has 2 amide bonds. The third-order valence-corrected chi connectivity index (χ3v) is 2.52. The van der Waals surface area contributed by atoms with Crippen molar-refractivity contribution in [1.82, 2.24) is 10.6 Å². The Bertz CT molecular complexity index is 377. The Morgan fingerprint density at radius 1 is 1.44 bits per heavy atom. The molecule has 3 N–H and O–H groups in total. The van der Waals surface area contributed by atoms with Crippen molar-refractivity contribution in [2.45, 2.75) is 12.5 Å². The fourth-order valence-corrected chi connectivity index (χ4v) is 1.68. The summed E-state index contributed by atoms with van der Waals surface area (Å²) in [4.78, 5) is 11.5. The highest BCUT2D eigenvalue weighted by Crippen LogP contribution is 2.12. The highest BCUT2D eigenvalue weighted by atomic mass is 19.1. The number of anilines is 1. The van der Waals surface area contributed by atoms with Crippen LogP contribution in [0.25, 0.3) is 0 Å². The lowest BCUT2D eigenvalue weighted by atomic mass is 10.2. The van der Waals surface area contributed by atoms with Gasteiger partial charge in [0.15, 0.2) is 0 Å². The van der Waals surface area contributed by atoms with Gasteiger partial charge in [-0.2, -0.15) is 0 Å². The van der Waals surface area contributed by atoms with Crippen LogP contribution in [0.2, 0.25) is 0 Å². The average Bonchev–Trinajstić information content (AvgIpc) is 2.74. The molecule has 1 fully saturated rings. The van der Waals surface area contributed by atoms with Crippen LogP contribution in [0.1, 0.15) is 6.42 Å². The van der Waals surface area contributed by atoms with E-state index in [4.69, 9.17) is 0 Å². The van der Waals surface area contributed by atoms with Gasteiger partial charge in [-0.15, -0.1) is 0 Å². The predicted molar refractivity (Wildman–Crippen MR) is 59.8 cm³/mol. The maximum absolute atomic E-state index is 13.2. The van der Waals surface area contributed by atoms with Gasteiger partial charge in [0, 0.05) is 12.6 Å². The normalized spacial score (nSPS) is 19.4. The monoisotopic (exact) mass is 223 g/mol. The second-order valence-corrected chi connectivity index (χ2v) is 3.77. The summed E-state index contributed by atoms with van der Waals surface area (Å²) in [6.45, 7) is 1.68. The van der Waals surface area contributed by atoms with Crippen LogP contribution in [0.3, 0.4) is 0 Å². The number of benzene rings is 1. The van der Waals surface area contributed by atoms with Crippen LogP contribution in [-0.4, -0.2) is 25.2 Å². The molecule has 1 saturated heterocycles. The maximum Gasteiger partial charge on any atom is 0.319 e. The van der Waals surface area contributed by atoms with Crippen molar-refractivity contribution in [2.75, 3.05) is 18.4 Å². The van der Waals surface area contributed by atoms with Crippen molar-refractivity contribution in [3.05, 3.63) is 30.1 Å². The summed E-state index contributed by atoms with van der Waals surface area (Å²) in [5.41, 5.74) is 0.200. The number of halogens is 1.